The lowest BCUT2D eigenvalue weighted by Crippen LogP contribution is -2.24. The molecule has 2 rings (SSSR count). The fourth-order valence-electron chi connectivity index (χ4n) is 2.35. The van der Waals surface area contributed by atoms with E-state index in [9.17, 15) is 0 Å². The van der Waals surface area contributed by atoms with Crippen LogP contribution in [0.1, 0.15) is 25.3 Å². The maximum Gasteiger partial charge on any atom is 0.274 e. The summed E-state index contributed by atoms with van der Waals surface area (Å²) in [5.41, 5.74) is 2.18. The van der Waals surface area contributed by atoms with Crippen LogP contribution in [-0.2, 0) is 0 Å². The van der Waals surface area contributed by atoms with E-state index < -0.39 is 9.04 Å². The van der Waals surface area contributed by atoms with Gasteiger partial charge in [0.25, 0.3) is 9.04 Å². The molecule has 0 unspecified atom stereocenters. The highest BCUT2D eigenvalue weighted by atomic mass is 28.3. The van der Waals surface area contributed by atoms with E-state index in [0.717, 1.165) is 30.4 Å². The third kappa shape index (κ3) is 3.59. The first kappa shape index (κ1) is 14.1. The highest BCUT2D eigenvalue weighted by molar-refractivity contribution is 6.49. The van der Waals surface area contributed by atoms with Gasteiger partial charge in [-0.05, 0) is 51.4 Å². The van der Waals surface area contributed by atoms with Gasteiger partial charge in [-0.3, -0.25) is 0 Å². The van der Waals surface area contributed by atoms with E-state index in [1.54, 1.807) is 0 Å². The number of likely N-dealkylation sites (tertiary alicyclic amines) is 1. The second kappa shape index (κ2) is 6.24. The van der Waals surface area contributed by atoms with Crippen molar-refractivity contribution in [3.8, 4) is 5.75 Å². The maximum absolute atomic E-state index is 5.97. The molecule has 0 atom stereocenters. The van der Waals surface area contributed by atoms with Crippen molar-refractivity contribution < 1.29 is 4.43 Å². The van der Waals surface area contributed by atoms with E-state index in [1.165, 1.54) is 18.4 Å². The molecule has 1 heterocycles. The van der Waals surface area contributed by atoms with Crippen molar-refractivity contribution in [2.75, 3.05) is 13.1 Å². The Morgan fingerprint density at radius 1 is 1.26 bits per heavy atom. The Labute approximate surface area is 118 Å². The molecule has 1 fully saturated rings. The van der Waals surface area contributed by atoms with Gasteiger partial charge in [-0.15, -0.1) is 0 Å². The molecule has 0 spiro atoms. The van der Waals surface area contributed by atoms with Gasteiger partial charge in [0.15, 0.2) is 0 Å². The highest BCUT2D eigenvalue weighted by Gasteiger charge is 2.14. The molecule has 0 aromatic heterocycles. The average Bonchev–Trinajstić information content (AvgIpc) is 2.86. The van der Waals surface area contributed by atoms with E-state index in [-0.39, 0.29) is 0 Å². The normalized spacial score (nSPS) is 16.3. The van der Waals surface area contributed by atoms with Crippen molar-refractivity contribution in [1.29, 1.82) is 0 Å². The van der Waals surface area contributed by atoms with Gasteiger partial charge in [-0.2, -0.15) is 0 Å². The van der Waals surface area contributed by atoms with E-state index in [0.29, 0.717) is 0 Å². The molecule has 0 N–H and O–H groups in total. The van der Waals surface area contributed by atoms with Crippen molar-refractivity contribution in [3.05, 3.63) is 23.8 Å². The zero-order valence-corrected chi connectivity index (χ0v) is 13.4. The topological polar surface area (TPSA) is 24.8 Å². The lowest BCUT2D eigenvalue weighted by atomic mass is 10.2. The molecule has 1 aromatic rings. The van der Waals surface area contributed by atoms with Gasteiger partial charge in [0.05, 0.1) is 0 Å². The number of rotatable bonds is 3. The van der Waals surface area contributed by atoms with Crippen LogP contribution in [0.5, 0.6) is 5.75 Å². The molecular weight excluding hydrogens is 252 g/mol. The summed E-state index contributed by atoms with van der Waals surface area (Å²) >= 11 is 0. The van der Waals surface area contributed by atoms with Gasteiger partial charge in [-0.25, -0.2) is 4.99 Å². The van der Waals surface area contributed by atoms with E-state index >= 15 is 0 Å². The third-order valence-corrected chi connectivity index (χ3v) is 3.98. The van der Waals surface area contributed by atoms with Crippen molar-refractivity contribution in [2.24, 2.45) is 4.99 Å². The molecule has 0 bridgehead atoms. The lowest BCUT2D eigenvalue weighted by molar-refractivity contribution is 0.516. The number of amidine groups is 1. The Morgan fingerprint density at radius 2 is 1.95 bits per heavy atom. The van der Waals surface area contributed by atoms with Crippen LogP contribution in [-0.4, -0.2) is 32.9 Å². The molecule has 1 saturated heterocycles. The minimum Gasteiger partial charge on any atom is -0.541 e. The van der Waals surface area contributed by atoms with E-state index in [2.05, 4.69) is 37.9 Å². The Morgan fingerprint density at radius 3 is 2.58 bits per heavy atom. The van der Waals surface area contributed by atoms with Gasteiger partial charge < -0.3 is 9.33 Å². The van der Waals surface area contributed by atoms with Crippen LogP contribution >= 0.6 is 0 Å². The molecule has 103 valence electrons. The van der Waals surface area contributed by atoms with Crippen molar-refractivity contribution in [3.63, 3.8) is 0 Å². The first-order valence-electron chi connectivity index (χ1n) is 6.96. The van der Waals surface area contributed by atoms with E-state index in [1.807, 2.05) is 12.1 Å². The summed E-state index contributed by atoms with van der Waals surface area (Å²) < 4.78 is 5.97. The summed E-state index contributed by atoms with van der Waals surface area (Å²) in [6.45, 7) is 10.8. The molecule has 1 aliphatic rings. The van der Waals surface area contributed by atoms with Gasteiger partial charge in [-0.1, -0.05) is 12.1 Å². The lowest BCUT2D eigenvalue weighted by Gasteiger charge is -2.18. The molecule has 1 aliphatic heterocycles. The Hall–Kier alpha value is -1.29. The minimum atomic E-state index is -0.762. The first-order chi connectivity index (χ1) is 9.08. The Balaban J connectivity index is 2.29. The predicted octanol–water partition coefficient (Wildman–Crippen LogP) is 3.77. The van der Waals surface area contributed by atoms with Crippen LogP contribution in [0.4, 0.5) is 5.69 Å². The highest BCUT2D eigenvalue weighted by Crippen LogP contribution is 2.32. The number of aliphatic imine (C=N–C) groups is 1. The zero-order chi connectivity index (χ0) is 13.8. The van der Waals surface area contributed by atoms with Crippen LogP contribution in [0, 0.1) is 6.92 Å². The number of nitrogens with zero attached hydrogens (tertiary/aromatic N) is 2. The molecule has 0 saturated carbocycles. The Bertz CT molecular complexity index is 465. The maximum atomic E-state index is 5.97. The van der Waals surface area contributed by atoms with Crippen molar-refractivity contribution in [2.45, 2.75) is 39.8 Å². The largest absolute Gasteiger partial charge is 0.541 e. The fourth-order valence-corrected chi connectivity index (χ4v) is 2.96. The van der Waals surface area contributed by atoms with Gasteiger partial charge in [0, 0.05) is 13.1 Å². The number of benzene rings is 1. The van der Waals surface area contributed by atoms with Gasteiger partial charge >= 0.3 is 0 Å². The Kier molecular flexibility index (Phi) is 4.64. The monoisotopic (exact) mass is 275 g/mol. The summed E-state index contributed by atoms with van der Waals surface area (Å²) in [5.74, 6) is 2.04. The number of aryl methyl sites for hydroxylation is 1. The van der Waals surface area contributed by atoms with Crippen LogP contribution in [0.2, 0.25) is 13.1 Å². The third-order valence-electron chi connectivity index (χ3n) is 3.35. The first-order valence-corrected chi connectivity index (χ1v) is 9.36. The number of hydrogen-bond acceptors (Lipinski definition) is 2. The van der Waals surface area contributed by atoms with Crippen molar-refractivity contribution in [1.82, 2.24) is 4.90 Å². The minimum absolute atomic E-state index is 0.762. The molecule has 1 radical (unpaired) electrons. The summed E-state index contributed by atoms with van der Waals surface area (Å²) in [7, 11) is -0.762. The summed E-state index contributed by atoms with van der Waals surface area (Å²) in [5, 5.41) is 0. The summed E-state index contributed by atoms with van der Waals surface area (Å²) in [4.78, 5) is 7.19. The summed E-state index contributed by atoms with van der Waals surface area (Å²) in [6.07, 6.45) is 2.56. The molecule has 0 amide bonds. The van der Waals surface area contributed by atoms with Crippen LogP contribution < -0.4 is 4.43 Å². The fraction of sp³-hybridized carbons (Fsp3) is 0.533. The predicted molar refractivity (Wildman–Crippen MR) is 82.9 cm³/mol. The molecule has 19 heavy (non-hydrogen) atoms. The molecule has 4 heteroatoms. The number of para-hydroxylation sites is 1. The second-order valence-electron chi connectivity index (χ2n) is 5.29. The SMILES string of the molecule is CC(=Nc1c(C)cccc1O[Si](C)C)N1CCCC1. The molecular formula is C15H23N2OSi. The van der Waals surface area contributed by atoms with Crippen LogP contribution in [0.25, 0.3) is 0 Å². The standard InChI is InChI=1S/C15H23N2OSi/c1-12-8-7-9-14(18-19(3)4)15(12)16-13(2)17-10-5-6-11-17/h7-9H,5-6,10-11H2,1-4H3. The van der Waals surface area contributed by atoms with Gasteiger partial charge in [0.1, 0.15) is 17.3 Å². The van der Waals surface area contributed by atoms with Gasteiger partial charge in [0.2, 0.25) is 0 Å². The van der Waals surface area contributed by atoms with Crippen LogP contribution in [0.15, 0.2) is 23.2 Å². The molecule has 3 nitrogen and oxygen atoms in total. The second-order valence-corrected chi connectivity index (χ2v) is 7.31. The quantitative estimate of drug-likeness (QED) is 0.476. The summed E-state index contributed by atoms with van der Waals surface area (Å²) in [6, 6.07) is 6.17. The van der Waals surface area contributed by atoms with Crippen LogP contribution in [0.3, 0.4) is 0 Å². The zero-order valence-electron chi connectivity index (χ0n) is 12.4. The molecule has 0 aliphatic carbocycles. The van der Waals surface area contributed by atoms with E-state index in [4.69, 9.17) is 9.42 Å². The molecule has 1 aromatic carbocycles. The smallest absolute Gasteiger partial charge is 0.274 e. The average molecular weight is 275 g/mol. The van der Waals surface area contributed by atoms with Crippen molar-refractivity contribution >= 4 is 20.6 Å². The number of hydrogen-bond donors (Lipinski definition) is 0.